The third-order valence-corrected chi connectivity index (χ3v) is 3.17. The third-order valence-electron chi connectivity index (χ3n) is 2.89. The Balaban J connectivity index is 2.15. The molecule has 1 atom stereocenters. The van der Waals surface area contributed by atoms with Gasteiger partial charge in [0.15, 0.2) is 11.0 Å². The van der Waals surface area contributed by atoms with Crippen LogP contribution in [-0.4, -0.2) is 28.0 Å². The summed E-state index contributed by atoms with van der Waals surface area (Å²) in [6.07, 6.45) is 0.364. The molecule has 0 spiro atoms. The number of hydrogen-bond acceptors (Lipinski definition) is 4. The first-order valence-electron chi connectivity index (χ1n) is 6.40. The minimum Gasteiger partial charge on any atom is -0.391 e. The van der Waals surface area contributed by atoms with E-state index in [2.05, 4.69) is 29.4 Å². The van der Waals surface area contributed by atoms with Crippen molar-refractivity contribution in [2.45, 2.75) is 26.4 Å². The van der Waals surface area contributed by atoms with Crippen molar-refractivity contribution in [1.82, 2.24) is 10.2 Å². The fraction of sp³-hybridized carbons (Fsp3) is 0.429. The lowest BCUT2D eigenvalue weighted by atomic mass is 10.1. The predicted molar refractivity (Wildman–Crippen MR) is 78.5 cm³/mol. The van der Waals surface area contributed by atoms with Gasteiger partial charge in [-0.1, -0.05) is 49.7 Å². The molecule has 0 saturated carbocycles. The van der Waals surface area contributed by atoms with Gasteiger partial charge in [0.25, 0.3) is 0 Å². The van der Waals surface area contributed by atoms with E-state index in [0.717, 1.165) is 17.2 Å². The molecule has 1 heterocycles. The van der Waals surface area contributed by atoms with Gasteiger partial charge in [-0.15, -0.1) is 10.2 Å². The van der Waals surface area contributed by atoms with Crippen LogP contribution in [-0.2, 0) is 0 Å². The summed E-state index contributed by atoms with van der Waals surface area (Å²) in [6, 6.07) is 7.68. The number of benzene rings is 1. The maximum absolute atomic E-state index is 9.87. The molecule has 2 N–H and O–H groups in total. The van der Waals surface area contributed by atoms with E-state index in [1.54, 1.807) is 0 Å². The van der Waals surface area contributed by atoms with Crippen LogP contribution in [0, 0.1) is 5.92 Å². The molecule has 2 rings (SSSR count). The smallest absolute Gasteiger partial charge is 0.159 e. The Bertz CT molecular complexity index is 559. The van der Waals surface area contributed by atoms with E-state index in [1.807, 2.05) is 24.3 Å². The van der Waals surface area contributed by atoms with Crippen molar-refractivity contribution in [1.29, 1.82) is 0 Å². The maximum atomic E-state index is 9.87. The molecule has 1 aromatic heterocycles. The minimum atomic E-state index is -0.392. The van der Waals surface area contributed by atoms with E-state index < -0.39 is 6.10 Å². The zero-order valence-electron chi connectivity index (χ0n) is 11.1. The molecular weight excluding hydrogens is 262 g/mol. The van der Waals surface area contributed by atoms with Crippen LogP contribution >= 0.6 is 11.6 Å². The molecule has 5 heteroatoms. The van der Waals surface area contributed by atoms with Gasteiger partial charge >= 0.3 is 0 Å². The number of aromatic nitrogens is 2. The van der Waals surface area contributed by atoms with Gasteiger partial charge in [0.2, 0.25) is 0 Å². The van der Waals surface area contributed by atoms with Crippen LogP contribution in [0.2, 0.25) is 5.15 Å². The average molecular weight is 280 g/mol. The van der Waals surface area contributed by atoms with Gasteiger partial charge in [-0.25, -0.2) is 0 Å². The quantitative estimate of drug-likeness (QED) is 0.883. The van der Waals surface area contributed by atoms with Crippen molar-refractivity contribution in [3.63, 3.8) is 0 Å². The van der Waals surface area contributed by atoms with Gasteiger partial charge in [-0.3, -0.25) is 0 Å². The molecule has 2 aromatic rings. The van der Waals surface area contributed by atoms with Gasteiger partial charge in [-0.05, 0) is 12.3 Å². The van der Waals surface area contributed by atoms with Crippen LogP contribution in [0.1, 0.15) is 20.3 Å². The Hall–Kier alpha value is -1.39. The monoisotopic (exact) mass is 279 g/mol. The van der Waals surface area contributed by atoms with E-state index in [0.29, 0.717) is 23.4 Å². The zero-order valence-corrected chi connectivity index (χ0v) is 11.9. The summed E-state index contributed by atoms with van der Waals surface area (Å²) >= 11 is 6.01. The molecule has 0 aliphatic heterocycles. The zero-order chi connectivity index (χ0) is 13.8. The van der Waals surface area contributed by atoms with Crippen molar-refractivity contribution >= 4 is 28.2 Å². The second-order valence-corrected chi connectivity index (χ2v) is 5.41. The van der Waals surface area contributed by atoms with Crippen LogP contribution in [0.5, 0.6) is 0 Å². The molecule has 0 saturated heterocycles. The normalized spacial score (nSPS) is 12.9. The lowest BCUT2D eigenvalue weighted by molar-refractivity contribution is 0.161. The summed E-state index contributed by atoms with van der Waals surface area (Å²) in [5, 5.41) is 23.1. The molecular formula is C14H18ClN3O. The highest BCUT2D eigenvalue weighted by Crippen LogP contribution is 2.25. The molecule has 19 heavy (non-hydrogen) atoms. The molecule has 0 aliphatic rings. The highest BCUT2D eigenvalue weighted by molar-refractivity contribution is 6.34. The molecule has 102 valence electrons. The van der Waals surface area contributed by atoms with Gasteiger partial charge in [-0.2, -0.15) is 0 Å². The summed E-state index contributed by atoms with van der Waals surface area (Å²) in [7, 11) is 0. The first kappa shape index (κ1) is 14.0. The topological polar surface area (TPSA) is 58.0 Å². The summed E-state index contributed by atoms with van der Waals surface area (Å²) < 4.78 is 0. The molecule has 1 unspecified atom stereocenters. The summed E-state index contributed by atoms with van der Waals surface area (Å²) in [4.78, 5) is 0. The standard InChI is InChI=1S/C14H18ClN3O/c1-9(2)7-10(19)8-16-14-12-6-4-3-5-11(12)13(15)17-18-14/h3-6,9-10,19H,7-8H2,1-2H3,(H,16,18). The van der Waals surface area contributed by atoms with E-state index in [-0.39, 0.29) is 0 Å². The van der Waals surface area contributed by atoms with Crippen molar-refractivity contribution in [2.24, 2.45) is 5.92 Å². The second-order valence-electron chi connectivity index (χ2n) is 5.05. The Morgan fingerprint density at radius 3 is 2.58 bits per heavy atom. The fourth-order valence-corrected chi connectivity index (χ4v) is 2.25. The van der Waals surface area contributed by atoms with Crippen LogP contribution in [0.15, 0.2) is 24.3 Å². The number of anilines is 1. The number of aliphatic hydroxyl groups is 1. The van der Waals surface area contributed by atoms with Gasteiger partial charge in [0.05, 0.1) is 6.10 Å². The minimum absolute atomic E-state index is 0.392. The third kappa shape index (κ3) is 3.55. The number of halogens is 1. The van der Waals surface area contributed by atoms with Crippen molar-refractivity contribution in [3.8, 4) is 0 Å². The van der Waals surface area contributed by atoms with Crippen molar-refractivity contribution in [2.75, 3.05) is 11.9 Å². The van der Waals surface area contributed by atoms with Gasteiger partial charge < -0.3 is 10.4 Å². The summed E-state index contributed by atoms with van der Waals surface area (Å²) in [5.41, 5.74) is 0. The summed E-state index contributed by atoms with van der Waals surface area (Å²) in [5.74, 6) is 1.12. The number of rotatable bonds is 5. The highest BCUT2D eigenvalue weighted by Gasteiger charge is 2.10. The van der Waals surface area contributed by atoms with Crippen LogP contribution in [0.25, 0.3) is 10.8 Å². The Labute approximate surface area is 117 Å². The van der Waals surface area contributed by atoms with E-state index in [9.17, 15) is 5.11 Å². The predicted octanol–water partition coefficient (Wildman–Crippen LogP) is 3.10. The first-order chi connectivity index (χ1) is 9.08. The Kier molecular flexibility index (Phi) is 4.56. The molecule has 0 radical (unpaired) electrons. The molecule has 0 bridgehead atoms. The molecule has 1 aromatic carbocycles. The Morgan fingerprint density at radius 2 is 1.89 bits per heavy atom. The van der Waals surface area contributed by atoms with Crippen LogP contribution in [0.3, 0.4) is 0 Å². The van der Waals surface area contributed by atoms with Gasteiger partial charge in [0, 0.05) is 17.3 Å². The van der Waals surface area contributed by atoms with E-state index >= 15 is 0 Å². The average Bonchev–Trinajstić information content (AvgIpc) is 2.37. The molecule has 0 amide bonds. The molecule has 0 fully saturated rings. The Morgan fingerprint density at radius 1 is 1.21 bits per heavy atom. The largest absolute Gasteiger partial charge is 0.391 e. The van der Waals surface area contributed by atoms with Crippen molar-refractivity contribution in [3.05, 3.63) is 29.4 Å². The number of nitrogens with zero attached hydrogens (tertiary/aromatic N) is 2. The van der Waals surface area contributed by atoms with Crippen LogP contribution < -0.4 is 5.32 Å². The lowest BCUT2D eigenvalue weighted by Crippen LogP contribution is -2.21. The second kappa shape index (κ2) is 6.17. The SMILES string of the molecule is CC(C)CC(O)CNc1nnc(Cl)c2ccccc12. The fourth-order valence-electron chi connectivity index (χ4n) is 2.04. The van der Waals surface area contributed by atoms with E-state index in [4.69, 9.17) is 11.6 Å². The van der Waals surface area contributed by atoms with Crippen molar-refractivity contribution < 1.29 is 5.11 Å². The van der Waals surface area contributed by atoms with Crippen LogP contribution in [0.4, 0.5) is 5.82 Å². The van der Waals surface area contributed by atoms with Gasteiger partial charge in [0.1, 0.15) is 0 Å². The maximum Gasteiger partial charge on any atom is 0.159 e. The number of aliphatic hydroxyl groups excluding tert-OH is 1. The number of nitrogens with one attached hydrogen (secondary N) is 1. The van der Waals surface area contributed by atoms with E-state index in [1.165, 1.54) is 0 Å². The lowest BCUT2D eigenvalue weighted by Gasteiger charge is -2.15. The molecule has 0 aliphatic carbocycles. The first-order valence-corrected chi connectivity index (χ1v) is 6.78. The summed E-state index contributed by atoms with van der Waals surface area (Å²) in [6.45, 7) is 4.62. The molecule has 4 nitrogen and oxygen atoms in total. The number of hydrogen-bond donors (Lipinski definition) is 2. The number of fused-ring (bicyclic) bond motifs is 1. The highest BCUT2D eigenvalue weighted by atomic mass is 35.5.